The first-order valence-corrected chi connectivity index (χ1v) is 19.9. The molecule has 0 spiro atoms. The summed E-state index contributed by atoms with van der Waals surface area (Å²) in [5.74, 6) is 1.03. The van der Waals surface area contributed by atoms with Gasteiger partial charge in [0.2, 0.25) is 0 Å². The van der Waals surface area contributed by atoms with Crippen molar-refractivity contribution in [1.82, 2.24) is 19.5 Å². The molecule has 224 valence electrons. The lowest BCUT2D eigenvalue weighted by Gasteiger charge is -2.50. The molecule has 0 unspecified atom stereocenters. The van der Waals surface area contributed by atoms with Gasteiger partial charge >= 0.3 is 0 Å². The molecule has 2 heterocycles. The van der Waals surface area contributed by atoms with Gasteiger partial charge in [-0.3, -0.25) is 0 Å². The van der Waals surface area contributed by atoms with Gasteiger partial charge < -0.3 is 19.2 Å². The first kappa shape index (κ1) is 30.6. The highest BCUT2D eigenvalue weighted by Crippen LogP contribution is 2.48. The molecule has 2 N–H and O–H groups in total. The van der Waals surface area contributed by atoms with Crippen LogP contribution in [0.2, 0.25) is 23.2 Å². The van der Waals surface area contributed by atoms with Crippen LogP contribution >= 0.6 is 0 Å². The minimum Gasteiger partial charge on any atom is -0.416 e. The summed E-state index contributed by atoms with van der Waals surface area (Å²) in [6.07, 6.45) is 4.37. The third kappa shape index (κ3) is 5.47. The van der Waals surface area contributed by atoms with E-state index in [4.69, 9.17) is 14.6 Å². The summed E-state index contributed by atoms with van der Waals surface area (Å²) in [4.78, 5) is 13.3. The molecule has 3 atom stereocenters. The first-order chi connectivity index (χ1) is 19.8. The molecule has 1 aliphatic carbocycles. The Morgan fingerprint density at radius 3 is 1.95 bits per heavy atom. The molecule has 1 saturated carbocycles. The quantitative estimate of drug-likeness (QED) is 0.230. The van der Waals surface area contributed by atoms with Gasteiger partial charge in [0, 0.05) is 25.2 Å². The second-order valence-electron chi connectivity index (χ2n) is 14.4. The average Bonchev–Trinajstić information content (AvgIpc) is 3.35. The van der Waals surface area contributed by atoms with Crippen molar-refractivity contribution in [2.75, 3.05) is 18.9 Å². The Balaban J connectivity index is 1.48. The molecule has 4 aromatic rings. The van der Waals surface area contributed by atoms with Crippen LogP contribution in [-0.4, -0.2) is 49.4 Å². The lowest BCUT2D eigenvalue weighted by molar-refractivity contribution is 0.00216. The zero-order chi connectivity index (χ0) is 30.3. The number of hydrogen-bond acceptors (Lipinski definition) is 6. The van der Waals surface area contributed by atoms with E-state index >= 15 is 0 Å². The molecular formula is C33H47N5O2Si2. The molecule has 0 radical (unpaired) electrons. The highest BCUT2D eigenvalue weighted by Gasteiger charge is 2.52. The van der Waals surface area contributed by atoms with Gasteiger partial charge in [0.1, 0.15) is 11.8 Å². The molecule has 9 heteroatoms. The Morgan fingerprint density at radius 1 is 0.810 bits per heavy atom. The van der Waals surface area contributed by atoms with Gasteiger partial charge in [-0.15, -0.1) is 0 Å². The molecule has 2 aromatic carbocycles. The number of nitrogens with two attached hydrogens (primary N) is 1. The lowest BCUT2D eigenvalue weighted by atomic mass is 9.70. The maximum atomic E-state index is 7.40. The SMILES string of the molecule is CC(C)(C)[Si](C)(C)OC[C@@H]1[C@@H](CO[Si](c2ccccc2)(c2ccccc2)C(C)(C)C)C[C@H]1n1cnc2c(N)ncnc21. The lowest BCUT2D eigenvalue weighted by Crippen LogP contribution is -2.67. The average molecular weight is 602 g/mol. The zero-order valence-electron chi connectivity index (χ0n) is 26.5. The van der Waals surface area contributed by atoms with Crippen LogP contribution in [0.15, 0.2) is 73.3 Å². The van der Waals surface area contributed by atoms with Crippen LogP contribution < -0.4 is 16.1 Å². The van der Waals surface area contributed by atoms with Crippen LogP contribution in [-0.2, 0) is 8.85 Å². The number of anilines is 1. The van der Waals surface area contributed by atoms with Gasteiger partial charge in [0.25, 0.3) is 8.32 Å². The largest absolute Gasteiger partial charge is 0.416 e. The first-order valence-electron chi connectivity index (χ1n) is 15.1. The Labute approximate surface area is 253 Å². The smallest absolute Gasteiger partial charge is 0.261 e. The molecule has 42 heavy (non-hydrogen) atoms. The van der Waals surface area contributed by atoms with Gasteiger partial charge in [-0.2, -0.15) is 0 Å². The third-order valence-electron chi connectivity index (χ3n) is 9.76. The Bertz CT molecular complexity index is 1460. The predicted octanol–water partition coefficient (Wildman–Crippen LogP) is 6.18. The number of aromatic nitrogens is 4. The topological polar surface area (TPSA) is 88.1 Å². The van der Waals surface area contributed by atoms with E-state index in [1.165, 1.54) is 16.7 Å². The summed E-state index contributed by atoms with van der Waals surface area (Å²) in [5.41, 5.74) is 7.59. The summed E-state index contributed by atoms with van der Waals surface area (Å²) < 4.78 is 16.4. The van der Waals surface area contributed by atoms with E-state index < -0.39 is 16.6 Å². The Hall–Kier alpha value is -2.86. The summed E-state index contributed by atoms with van der Waals surface area (Å²) in [7, 11) is -4.60. The minimum absolute atomic E-state index is 0.0685. The Morgan fingerprint density at radius 2 is 1.40 bits per heavy atom. The minimum atomic E-state index is -2.64. The van der Waals surface area contributed by atoms with Gasteiger partial charge in [0.05, 0.1) is 6.33 Å². The van der Waals surface area contributed by atoms with Gasteiger partial charge in [-0.25, -0.2) is 15.0 Å². The molecule has 2 aromatic heterocycles. The molecule has 7 nitrogen and oxygen atoms in total. The van der Waals surface area contributed by atoms with E-state index in [-0.39, 0.29) is 22.0 Å². The van der Waals surface area contributed by atoms with Crippen LogP contribution in [0.1, 0.15) is 54.0 Å². The number of fused-ring (bicyclic) bond motifs is 1. The van der Waals surface area contributed by atoms with Crippen molar-refractivity contribution >= 4 is 44.0 Å². The van der Waals surface area contributed by atoms with Crippen LogP contribution in [0.5, 0.6) is 0 Å². The van der Waals surface area contributed by atoms with E-state index in [0.717, 1.165) is 12.1 Å². The van der Waals surface area contributed by atoms with Crippen LogP contribution in [0.3, 0.4) is 0 Å². The summed E-state index contributed by atoms with van der Waals surface area (Å²) in [5, 5.41) is 2.68. The fourth-order valence-electron chi connectivity index (χ4n) is 6.16. The molecule has 0 bridgehead atoms. The molecular weight excluding hydrogens is 555 g/mol. The third-order valence-corrected chi connectivity index (χ3v) is 19.3. The molecule has 0 amide bonds. The standard InChI is InChI=1S/C33H47N5O2Si2/c1-32(2,3)41(7,8)39-21-27-24(19-28(27)38-23-37-29-30(34)35-22-36-31(29)38)20-40-42(33(4,5)6,25-15-11-9-12-16-25)26-17-13-10-14-18-26/h9-18,22-24,27-28H,19-21H2,1-8H3,(H2,34,35,36)/t24-,27-,28-/m1/s1. The van der Waals surface area contributed by atoms with Crippen molar-refractivity contribution in [3.63, 3.8) is 0 Å². The molecule has 0 saturated heterocycles. The molecule has 5 rings (SSSR count). The van der Waals surface area contributed by atoms with Crippen molar-refractivity contribution in [2.45, 2.75) is 77.2 Å². The second-order valence-corrected chi connectivity index (χ2v) is 23.5. The van der Waals surface area contributed by atoms with Crippen LogP contribution in [0.25, 0.3) is 11.2 Å². The fraction of sp³-hybridized carbons (Fsp3) is 0.485. The highest BCUT2D eigenvalue weighted by atomic mass is 28.4. The number of benzene rings is 2. The summed E-state index contributed by atoms with van der Waals surface area (Å²) in [6.45, 7) is 19.9. The number of hydrogen-bond donors (Lipinski definition) is 1. The van der Waals surface area contributed by atoms with Crippen LogP contribution in [0, 0.1) is 11.8 Å². The summed E-state index contributed by atoms with van der Waals surface area (Å²) in [6, 6.07) is 22.0. The van der Waals surface area contributed by atoms with E-state index in [1.54, 1.807) is 0 Å². The monoisotopic (exact) mass is 601 g/mol. The maximum Gasteiger partial charge on any atom is 0.261 e. The van der Waals surface area contributed by atoms with Crippen molar-refractivity contribution in [2.24, 2.45) is 11.8 Å². The van der Waals surface area contributed by atoms with Crippen molar-refractivity contribution in [3.8, 4) is 0 Å². The van der Waals surface area contributed by atoms with E-state index in [0.29, 0.717) is 30.5 Å². The molecule has 0 aliphatic heterocycles. The van der Waals surface area contributed by atoms with Crippen molar-refractivity contribution in [3.05, 3.63) is 73.3 Å². The van der Waals surface area contributed by atoms with Crippen molar-refractivity contribution < 1.29 is 8.85 Å². The van der Waals surface area contributed by atoms with Crippen LogP contribution in [0.4, 0.5) is 5.82 Å². The highest BCUT2D eigenvalue weighted by molar-refractivity contribution is 6.99. The molecule has 1 aliphatic rings. The normalized spacial score (nSPS) is 20.0. The molecule has 1 fully saturated rings. The van der Waals surface area contributed by atoms with E-state index in [1.807, 2.05) is 6.33 Å². The zero-order valence-corrected chi connectivity index (χ0v) is 28.5. The number of nitrogens with zero attached hydrogens (tertiary/aromatic N) is 4. The number of imidazole rings is 1. The van der Waals surface area contributed by atoms with E-state index in [9.17, 15) is 0 Å². The predicted molar refractivity (Wildman–Crippen MR) is 177 cm³/mol. The second kappa shape index (κ2) is 11.3. The van der Waals surface area contributed by atoms with E-state index in [2.05, 4.69) is 135 Å². The van der Waals surface area contributed by atoms with Gasteiger partial charge in [0.15, 0.2) is 19.8 Å². The fourth-order valence-corrected chi connectivity index (χ4v) is 11.8. The number of rotatable bonds is 9. The maximum absolute atomic E-state index is 7.40. The Kier molecular flexibility index (Phi) is 8.26. The van der Waals surface area contributed by atoms with Gasteiger partial charge in [-0.05, 0) is 45.9 Å². The summed E-state index contributed by atoms with van der Waals surface area (Å²) >= 11 is 0. The van der Waals surface area contributed by atoms with Gasteiger partial charge in [-0.1, -0.05) is 102 Å². The number of nitrogen functional groups attached to an aromatic ring is 1. The van der Waals surface area contributed by atoms with Crippen molar-refractivity contribution in [1.29, 1.82) is 0 Å².